The van der Waals surface area contributed by atoms with Crippen LogP contribution in [0.1, 0.15) is 19.3 Å². The second-order valence-electron chi connectivity index (χ2n) is 5.22. The Morgan fingerprint density at radius 1 is 1.38 bits per heavy atom. The van der Waals surface area contributed by atoms with E-state index in [2.05, 4.69) is 10.6 Å². The first-order chi connectivity index (χ1) is 10.1. The Kier molecular flexibility index (Phi) is 6.07. The fraction of sp³-hybridized carbons (Fsp3) is 0.467. The van der Waals surface area contributed by atoms with Crippen LogP contribution in [0, 0.1) is 5.92 Å². The van der Waals surface area contributed by atoms with E-state index in [-0.39, 0.29) is 17.6 Å². The molecule has 1 aromatic carbocycles. The Morgan fingerprint density at radius 3 is 2.90 bits per heavy atom. The zero-order chi connectivity index (χ0) is 15.1. The Hall–Kier alpha value is -1.53. The molecule has 114 valence electrons. The number of benzene rings is 1. The second kappa shape index (κ2) is 8.05. The third-order valence-electron chi connectivity index (χ3n) is 3.40. The number of para-hydroxylation sites is 1. The zero-order valence-electron chi connectivity index (χ0n) is 11.9. The van der Waals surface area contributed by atoms with Gasteiger partial charge in [0, 0.05) is 11.3 Å². The summed E-state index contributed by atoms with van der Waals surface area (Å²) in [6, 6.07) is 7.47. The van der Waals surface area contributed by atoms with Gasteiger partial charge in [0.15, 0.2) is 0 Å². The van der Waals surface area contributed by atoms with E-state index >= 15 is 0 Å². The monoisotopic (exact) mass is 307 g/mol. The highest BCUT2D eigenvalue weighted by Gasteiger charge is 2.17. The summed E-state index contributed by atoms with van der Waals surface area (Å²) in [7, 11) is 0. The molecule has 6 heteroatoms. The van der Waals surface area contributed by atoms with E-state index in [1.807, 2.05) is 24.3 Å². The average Bonchev–Trinajstić information content (AvgIpc) is 2.47. The molecule has 1 aliphatic heterocycles. The second-order valence-corrected chi connectivity index (χ2v) is 6.23. The molecule has 1 aromatic rings. The molecule has 1 heterocycles. The van der Waals surface area contributed by atoms with E-state index in [0.29, 0.717) is 12.3 Å². The van der Waals surface area contributed by atoms with Gasteiger partial charge in [-0.2, -0.15) is 0 Å². The summed E-state index contributed by atoms with van der Waals surface area (Å²) in [6.45, 7) is 1.95. The Bertz CT molecular complexity index is 501. The lowest BCUT2D eigenvalue weighted by Gasteiger charge is -2.22. The molecule has 0 saturated carbocycles. The van der Waals surface area contributed by atoms with Gasteiger partial charge in [0.25, 0.3) is 0 Å². The highest BCUT2D eigenvalue weighted by atomic mass is 32.2. The van der Waals surface area contributed by atoms with Crippen LogP contribution in [0.2, 0.25) is 0 Å². The third-order valence-corrected chi connectivity index (χ3v) is 4.50. The van der Waals surface area contributed by atoms with Gasteiger partial charge in [-0.25, -0.2) is 0 Å². The van der Waals surface area contributed by atoms with Crippen molar-refractivity contribution < 1.29 is 9.59 Å². The SMILES string of the molecule is NC(=O)CSc1ccccc1NC(=O)CC1CCCNC1. The topological polar surface area (TPSA) is 84.2 Å². The van der Waals surface area contributed by atoms with Crippen molar-refractivity contribution in [2.24, 2.45) is 11.7 Å². The molecule has 4 N–H and O–H groups in total. The number of carbonyl (C=O) groups is 2. The molecule has 5 nitrogen and oxygen atoms in total. The molecule has 1 unspecified atom stereocenters. The van der Waals surface area contributed by atoms with Crippen LogP contribution < -0.4 is 16.4 Å². The fourth-order valence-electron chi connectivity index (χ4n) is 2.41. The van der Waals surface area contributed by atoms with Crippen LogP contribution in [0.25, 0.3) is 0 Å². The normalized spacial score (nSPS) is 18.2. The highest BCUT2D eigenvalue weighted by Crippen LogP contribution is 2.27. The molecule has 0 bridgehead atoms. The number of hydrogen-bond donors (Lipinski definition) is 3. The molecule has 1 atom stereocenters. The van der Waals surface area contributed by atoms with Gasteiger partial charge >= 0.3 is 0 Å². The van der Waals surface area contributed by atoms with Crippen molar-refractivity contribution >= 4 is 29.3 Å². The summed E-state index contributed by atoms with van der Waals surface area (Å²) in [4.78, 5) is 23.9. The maximum absolute atomic E-state index is 12.1. The number of primary amides is 1. The van der Waals surface area contributed by atoms with Crippen molar-refractivity contribution in [2.75, 3.05) is 24.2 Å². The van der Waals surface area contributed by atoms with Crippen LogP contribution >= 0.6 is 11.8 Å². The maximum atomic E-state index is 12.1. The molecular formula is C15H21N3O2S. The lowest BCUT2D eigenvalue weighted by Crippen LogP contribution is -2.32. The van der Waals surface area contributed by atoms with E-state index < -0.39 is 0 Å². The average molecular weight is 307 g/mol. The Morgan fingerprint density at radius 2 is 2.19 bits per heavy atom. The largest absolute Gasteiger partial charge is 0.369 e. The van der Waals surface area contributed by atoms with E-state index in [9.17, 15) is 9.59 Å². The van der Waals surface area contributed by atoms with Crippen molar-refractivity contribution in [3.63, 3.8) is 0 Å². The lowest BCUT2D eigenvalue weighted by atomic mass is 9.96. The molecule has 2 rings (SSSR count). The van der Waals surface area contributed by atoms with Gasteiger partial charge in [0.2, 0.25) is 11.8 Å². The summed E-state index contributed by atoms with van der Waals surface area (Å²) < 4.78 is 0. The summed E-state index contributed by atoms with van der Waals surface area (Å²) >= 11 is 1.34. The standard InChI is InChI=1S/C15H21N3O2S/c16-14(19)10-21-13-6-2-1-5-12(13)18-15(20)8-11-4-3-7-17-9-11/h1-2,5-6,11,17H,3-4,7-10H2,(H2,16,19)(H,18,20). The van der Waals surface area contributed by atoms with Crippen molar-refractivity contribution in [3.05, 3.63) is 24.3 Å². The predicted octanol–water partition coefficient (Wildman–Crippen LogP) is 1.59. The number of rotatable bonds is 6. The van der Waals surface area contributed by atoms with Gasteiger partial charge in [0.1, 0.15) is 0 Å². The Labute approximate surface area is 129 Å². The predicted molar refractivity (Wildman–Crippen MR) is 85.2 cm³/mol. The van der Waals surface area contributed by atoms with E-state index in [4.69, 9.17) is 5.73 Å². The first-order valence-electron chi connectivity index (χ1n) is 7.16. The summed E-state index contributed by atoms with van der Waals surface area (Å²) in [5.41, 5.74) is 5.91. The van der Waals surface area contributed by atoms with E-state index in [1.54, 1.807) is 0 Å². The van der Waals surface area contributed by atoms with Gasteiger partial charge < -0.3 is 16.4 Å². The van der Waals surface area contributed by atoms with E-state index in [1.165, 1.54) is 11.8 Å². The van der Waals surface area contributed by atoms with Crippen LogP contribution in [0.3, 0.4) is 0 Å². The fourth-order valence-corrected chi connectivity index (χ4v) is 3.15. The lowest BCUT2D eigenvalue weighted by molar-refractivity contribution is -0.117. The van der Waals surface area contributed by atoms with Crippen LogP contribution in [0.4, 0.5) is 5.69 Å². The van der Waals surface area contributed by atoms with Crippen LogP contribution in [-0.4, -0.2) is 30.7 Å². The van der Waals surface area contributed by atoms with Gasteiger partial charge in [-0.1, -0.05) is 12.1 Å². The van der Waals surface area contributed by atoms with Crippen LogP contribution in [0.5, 0.6) is 0 Å². The molecule has 2 amide bonds. The Balaban J connectivity index is 1.91. The molecule has 0 radical (unpaired) electrons. The van der Waals surface area contributed by atoms with Crippen molar-refractivity contribution in [2.45, 2.75) is 24.2 Å². The van der Waals surface area contributed by atoms with E-state index in [0.717, 1.165) is 36.5 Å². The zero-order valence-corrected chi connectivity index (χ0v) is 12.7. The maximum Gasteiger partial charge on any atom is 0.227 e. The number of amides is 2. The van der Waals surface area contributed by atoms with Crippen molar-refractivity contribution in [3.8, 4) is 0 Å². The smallest absolute Gasteiger partial charge is 0.227 e. The molecule has 1 aliphatic rings. The number of hydrogen-bond acceptors (Lipinski definition) is 4. The molecule has 1 saturated heterocycles. The number of piperidine rings is 1. The minimum absolute atomic E-state index is 0.0239. The molecular weight excluding hydrogens is 286 g/mol. The summed E-state index contributed by atoms with van der Waals surface area (Å²) in [5, 5.41) is 6.25. The molecule has 21 heavy (non-hydrogen) atoms. The molecule has 0 aromatic heterocycles. The first-order valence-corrected chi connectivity index (χ1v) is 8.14. The van der Waals surface area contributed by atoms with Crippen molar-refractivity contribution in [1.29, 1.82) is 0 Å². The third kappa shape index (κ3) is 5.40. The quantitative estimate of drug-likeness (QED) is 0.697. The minimum atomic E-state index is -0.366. The summed E-state index contributed by atoms with van der Waals surface area (Å²) in [6.07, 6.45) is 2.75. The van der Waals surface area contributed by atoms with Crippen LogP contribution in [-0.2, 0) is 9.59 Å². The van der Waals surface area contributed by atoms with Gasteiger partial charge in [0.05, 0.1) is 11.4 Å². The number of carbonyl (C=O) groups excluding carboxylic acids is 2. The van der Waals surface area contributed by atoms with Crippen molar-refractivity contribution in [1.82, 2.24) is 5.32 Å². The van der Waals surface area contributed by atoms with Gasteiger partial charge in [-0.05, 0) is 44.0 Å². The first kappa shape index (κ1) is 15.9. The molecule has 0 spiro atoms. The highest BCUT2D eigenvalue weighted by molar-refractivity contribution is 8.00. The minimum Gasteiger partial charge on any atom is -0.369 e. The molecule has 1 fully saturated rings. The number of thioether (sulfide) groups is 1. The van der Waals surface area contributed by atoms with Gasteiger partial charge in [-0.3, -0.25) is 9.59 Å². The number of nitrogens with two attached hydrogens (primary N) is 1. The summed E-state index contributed by atoms with van der Waals surface area (Å²) in [5.74, 6) is 0.272. The molecule has 0 aliphatic carbocycles. The van der Waals surface area contributed by atoms with Gasteiger partial charge in [-0.15, -0.1) is 11.8 Å². The number of nitrogens with one attached hydrogen (secondary N) is 2. The number of anilines is 1. The van der Waals surface area contributed by atoms with Crippen LogP contribution in [0.15, 0.2) is 29.2 Å².